The summed E-state index contributed by atoms with van der Waals surface area (Å²) in [5.74, 6) is -4.18. The molecule has 0 saturated carbocycles. The summed E-state index contributed by atoms with van der Waals surface area (Å²) >= 11 is 0. The zero-order chi connectivity index (χ0) is 14.6. The molecule has 0 aromatic heterocycles. The fourth-order valence-electron chi connectivity index (χ4n) is 1.32. The standard InChI is InChI=1S/C11H14F2N2O3S/c1-2-7(14)10(16)15-8-5-3-4-6-9(8)19(17,18)11(12)13/h3-7,11H,2,14H2,1H3,(H,15,16)/t7-/m0/s1. The predicted molar refractivity (Wildman–Crippen MR) is 66.5 cm³/mol. The molecule has 19 heavy (non-hydrogen) atoms. The third kappa shape index (κ3) is 3.48. The van der Waals surface area contributed by atoms with Gasteiger partial charge in [0.25, 0.3) is 0 Å². The monoisotopic (exact) mass is 292 g/mol. The van der Waals surface area contributed by atoms with Gasteiger partial charge >= 0.3 is 5.76 Å². The SMILES string of the molecule is CC[C@H](N)C(=O)Nc1ccccc1S(=O)(=O)C(F)F. The summed E-state index contributed by atoms with van der Waals surface area (Å²) < 4.78 is 47.9. The summed E-state index contributed by atoms with van der Waals surface area (Å²) in [7, 11) is -4.77. The van der Waals surface area contributed by atoms with Crippen molar-refractivity contribution in [1.29, 1.82) is 0 Å². The Bertz CT molecular complexity index is 561. The lowest BCUT2D eigenvalue weighted by Gasteiger charge is -2.13. The average Bonchev–Trinajstić information content (AvgIpc) is 2.37. The highest BCUT2D eigenvalue weighted by Crippen LogP contribution is 2.26. The number of halogens is 2. The van der Waals surface area contributed by atoms with Crippen molar-refractivity contribution in [2.75, 3.05) is 5.32 Å². The van der Waals surface area contributed by atoms with E-state index in [4.69, 9.17) is 5.73 Å². The van der Waals surface area contributed by atoms with Crippen molar-refractivity contribution >= 4 is 21.4 Å². The maximum atomic E-state index is 12.5. The van der Waals surface area contributed by atoms with E-state index in [9.17, 15) is 22.0 Å². The summed E-state index contributed by atoms with van der Waals surface area (Å²) in [5.41, 5.74) is 5.28. The molecule has 0 unspecified atom stereocenters. The Morgan fingerprint density at radius 3 is 2.47 bits per heavy atom. The highest BCUT2D eigenvalue weighted by atomic mass is 32.2. The minimum Gasteiger partial charge on any atom is -0.324 e. The molecule has 1 atom stereocenters. The number of nitrogens with two attached hydrogens (primary N) is 1. The largest absolute Gasteiger partial charge is 0.341 e. The zero-order valence-electron chi connectivity index (χ0n) is 10.1. The lowest BCUT2D eigenvalue weighted by molar-refractivity contribution is -0.117. The molecule has 0 radical (unpaired) electrons. The van der Waals surface area contributed by atoms with Crippen LogP contribution in [0.25, 0.3) is 0 Å². The summed E-state index contributed by atoms with van der Waals surface area (Å²) in [6.07, 6.45) is 0.343. The highest BCUT2D eigenvalue weighted by Gasteiger charge is 2.29. The molecule has 0 saturated heterocycles. The molecule has 8 heteroatoms. The lowest BCUT2D eigenvalue weighted by Crippen LogP contribution is -2.35. The summed E-state index contributed by atoms with van der Waals surface area (Å²) in [6, 6.07) is 4.13. The van der Waals surface area contributed by atoms with Gasteiger partial charge in [0, 0.05) is 0 Å². The van der Waals surface area contributed by atoms with E-state index in [2.05, 4.69) is 5.32 Å². The third-order valence-electron chi connectivity index (χ3n) is 2.46. The Kier molecular flexibility index (Phi) is 4.96. The molecule has 0 aliphatic rings. The topological polar surface area (TPSA) is 89.3 Å². The molecule has 0 bridgehead atoms. The second-order valence-electron chi connectivity index (χ2n) is 3.81. The Balaban J connectivity index is 3.14. The number of alkyl halides is 2. The van der Waals surface area contributed by atoms with Crippen LogP contribution in [0.15, 0.2) is 29.2 Å². The van der Waals surface area contributed by atoms with E-state index < -0.39 is 32.4 Å². The Morgan fingerprint density at radius 2 is 1.95 bits per heavy atom. The Labute approximate surface area is 109 Å². The average molecular weight is 292 g/mol. The first kappa shape index (κ1) is 15.5. The van der Waals surface area contributed by atoms with Crippen LogP contribution in [-0.4, -0.2) is 26.1 Å². The van der Waals surface area contributed by atoms with E-state index in [1.807, 2.05) is 0 Å². The molecule has 5 nitrogen and oxygen atoms in total. The van der Waals surface area contributed by atoms with Crippen LogP contribution in [0.2, 0.25) is 0 Å². The first-order valence-corrected chi connectivity index (χ1v) is 7.02. The van der Waals surface area contributed by atoms with Crippen molar-refractivity contribution in [1.82, 2.24) is 0 Å². The van der Waals surface area contributed by atoms with E-state index in [-0.39, 0.29) is 5.69 Å². The maximum absolute atomic E-state index is 12.5. The number of carbonyl (C=O) groups excluding carboxylic acids is 1. The van der Waals surface area contributed by atoms with Crippen molar-refractivity contribution in [3.05, 3.63) is 24.3 Å². The molecule has 0 heterocycles. The van der Waals surface area contributed by atoms with Crippen LogP contribution in [0.3, 0.4) is 0 Å². The van der Waals surface area contributed by atoms with Crippen LogP contribution >= 0.6 is 0 Å². The van der Waals surface area contributed by atoms with Crippen LogP contribution in [-0.2, 0) is 14.6 Å². The smallest absolute Gasteiger partial charge is 0.324 e. The summed E-state index contributed by atoms with van der Waals surface area (Å²) in [5, 5.41) is 2.25. The quantitative estimate of drug-likeness (QED) is 0.857. The Hall–Kier alpha value is -1.54. The maximum Gasteiger partial charge on any atom is 0.341 e. The van der Waals surface area contributed by atoms with Gasteiger partial charge in [-0.25, -0.2) is 8.42 Å². The molecule has 1 aromatic carbocycles. The van der Waals surface area contributed by atoms with Crippen LogP contribution in [0, 0.1) is 0 Å². The van der Waals surface area contributed by atoms with Crippen molar-refractivity contribution in [3.63, 3.8) is 0 Å². The minimum absolute atomic E-state index is 0.197. The first-order chi connectivity index (χ1) is 8.80. The van der Waals surface area contributed by atoms with Gasteiger partial charge in [-0.2, -0.15) is 8.78 Å². The number of hydrogen-bond acceptors (Lipinski definition) is 4. The number of sulfone groups is 1. The van der Waals surface area contributed by atoms with Gasteiger partial charge in [0.2, 0.25) is 15.7 Å². The molecular formula is C11H14F2N2O3S. The highest BCUT2D eigenvalue weighted by molar-refractivity contribution is 7.91. The van der Waals surface area contributed by atoms with Gasteiger partial charge in [0.05, 0.1) is 16.6 Å². The van der Waals surface area contributed by atoms with E-state index in [1.54, 1.807) is 6.92 Å². The molecule has 3 N–H and O–H groups in total. The molecule has 0 aliphatic heterocycles. The number of benzene rings is 1. The zero-order valence-corrected chi connectivity index (χ0v) is 11.0. The summed E-state index contributed by atoms with van der Waals surface area (Å²) in [4.78, 5) is 11.0. The van der Waals surface area contributed by atoms with Crippen molar-refractivity contribution in [3.8, 4) is 0 Å². The molecule has 1 amide bonds. The van der Waals surface area contributed by atoms with Gasteiger partial charge < -0.3 is 11.1 Å². The van der Waals surface area contributed by atoms with Gasteiger partial charge in [-0.05, 0) is 18.6 Å². The molecule has 0 spiro atoms. The molecule has 1 rings (SSSR count). The van der Waals surface area contributed by atoms with Crippen LogP contribution < -0.4 is 11.1 Å². The number of carbonyl (C=O) groups is 1. The summed E-state index contributed by atoms with van der Waals surface area (Å²) in [6.45, 7) is 1.67. The van der Waals surface area contributed by atoms with Gasteiger partial charge in [-0.15, -0.1) is 0 Å². The van der Waals surface area contributed by atoms with Crippen molar-refractivity contribution in [2.24, 2.45) is 5.73 Å². The lowest BCUT2D eigenvalue weighted by atomic mass is 10.2. The van der Waals surface area contributed by atoms with Crippen LogP contribution in [0.5, 0.6) is 0 Å². The normalized spacial score (nSPS) is 13.3. The number of amides is 1. The van der Waals surface area contributed by atoms with Gasteiger partial charge in [0.15, 0.2) is 0 Å². The van der Waals surface area contributed by atoms with Gasteiger partial charge in [-0.1, -0.05) is 19.1 Å². The van der Waals surface area contributed by atoms with Crippen LogP contribution in [0.4, 0.5) is 14.5 Å². The van der Waals surface area contributed by atoms with Gasteiger partial charge in [-0.3, -0.25) is 4.79 Å². The second kappa shape index (κ2) is 6.07. The molecule has 1 aromatic rings. The number of rotatable bonds is 5. The number of hydrogen-bond donors (Lipinski definition) is 2. The number of para-hydroxylation sites is 1. The fraction of sp³-hybridized carbons (Fsp3) is 0.364. The van der Waals surface area contributed by atoms with Crippen LogP contribution in [0.1, 0.15) is 13.3 Å². The van der Waals surface area contributed by atoms with Crippen molar-refractivity contribution in [2.45, 2.75) is 30.0 Å². The van der Waals surface area contributed by atoms with E-state index in [0.29, 0.717) is 6.42 Å². The molecular weight excluding hydrogens is 278 g/mol. The number of anilines is 1. The predicted octanol–water partition coefficient (Wildman–Crippen LogP) is 1.36. The van der Waals surface area contributed by atoms with E-state index in [1.165, 1.54) is 18.2 Å². The molecule has 0 fully saturated rings. The third-order valence-corrected chi connectivity index (χ3v) is 3.90. The Morgan fingerprint density at radius 1 is 1.37 bits per heavy atom. The number of nitrogens with one attached hydrogen (secondary N) is 1. The van der Waals surface area contributed by atoms with E-state index in [0.717, 1.165) is 6.07 Å². The fourth-order valence-corrected chi connectivity index (χ4v) is 2.21. The molecule has 106 valence electrons. The second-order valence-corrected chi connectivity index (χ2v) is 5.69. The minimum atomic E-state index is -4.77. The van der Waals surface area contributed by atoms with E-state index >= 15 is 0 Å². The van der Waals surface area contributed by atoms with Gasteiger partial charge in [0.1, 0.15) is 0 Å². The molecule has 0 aliphatic carbocycles. The van der Waals surface area contributed by atoms with Crippen molar-refractivity contribution < 1.29 is 22.0 Å². The first-order valence-electron chi connectivity index (χ1n) is 5.48.